The minimum atomic E-state index is -0.867. The van der Waals surface area contributed by atoms with Gasteiger partial charge in [-0.25, -0.2) is 9.78 Å². The predicted molar refractivity (Wildman–Crippen MR) is 131 cm³/mol. The Morgan fingerprint density at radius 2 is 1.72 bits per heavy atom. The molecule has 1 aromatic heterocycles. The molecule has 2 N–H and O–H groups in total. The topological polar surface area (TPSA) is 89.6 Å². The van der Waals surface area contributed by atoms with Crippen LogP contribution in [0.3, 0.4) is 0 Å². The van der Waals surface area contributed by atoms with Crippen molar-refractivity contribution < 1.29 is 19.1 Å². The van der Waals surface area contributed by atoms with Crippen LogP contribution in [0, 0.1) is 3.57 Å². The fourth-order valence-electron chi connectivity index (χ4n) is 2.96. The quantitative estimate of drug-likeness (QED) is 0.312. The average molecular weight is 545 g/mol. The zero-order valence-corrected chi connectivity index (χ0v) is 20.0. The summed E-state index contributed by atoms with van der Waals surface area (Å²) in [6.45, 7) is 2.03. The molecule has 0 aliphatic rings. The van der Waals surface area contributed by atoms with Crippen molar-refractivity contribution in [1.29, 1.82) is 0 Å². The van der Waals surface area contributed by atoms with Crippen LogP contribution < -0.4 is 20.1 Å². The molecule has 0 bridgehead atoms. The zero-order valence-electron chi connectivity index (χ0n) is 17.8. The third-order valence-electron chi connectivity index (χ3n) is 4.58. The normalized spacial score (nSPS) is 11.3. The molecule has 0 saturated heterocycles. The summed E-state index contributed by atoms with van der Waals surface area (Å²) in [5.41, 5.74) is 1.29. The van der Waals surface area contributed by atoms with Gasteiger partial charge in [0, 0.05) is 19.8 Å². The smallest absolute Gasteiger partial charge is 0.352 e. The maximum Gasteiger partial charge on any atom is 0.352 e. The van der Waals surface area contributed by atoms with E-state index in [1.54, 1.807) is 32.3 Å². The predicted octanol–water partition coefficient (Wildman–Crippen LogP) is 4.07. The molecule has 0 aliphatic heterocycles. The van der Waals surface area contributed by atoms with E-state index in [4.69, 9.17) is 9.47 Å². The molecule has 0 saturated carbocycles. The van der Waals surface area contributed by atoms with Crippen LogP contribution in [-0.2, 0) is 11.2 Å². The molecule has 1 atom stereocenters. The first kappa shape index (κ1) is 23.5. The van der Waals surface area contributed by atoms with Crippen LogP contribution in [0.5, 0.6) is 11.5 Å². The molecule has 0 radical (unpaired) electrons. The lowest BCUT2D eigenvalue weighted by molar-refractivity contribution is -0.141. The molecule has 1 heterocycles. The van der Waals surface area contributed by atoms with Gasteiger partial charge in [0.1, 0.15) is 17.1 Å². The number of nitrogens with zero attached hydrogens (tertiary/aromatic N) is 1. The van der Waals surface area contributed by atoms with E-state index in [-0.39, 0.29) is 17.2 Å². The number of hydrogen-bond donors (Lipinski definition) is 2. The number of benzene rings is 2. The Morgan fingerprint density at radius 3 is 2.38 bits per heavy atom. The Labute approximate surface area is 200 Å². The first-order chi connectivity index (χ1) is 15.5. The minimum Gasteiger partial charge on any atom is -0.479 e. The van der Waals surface area contributed by atoms with E-state index in [1.165, 1.54) is 0 Å². The average Bonchev–Trinajstić information content (AvgIpc) is 2.81. The van der Waals surface area contributed by atoms with E-state index in [1.807, 2.05) is 71.1 Å². The second-order valence-electron chi connectivity index (χ2n) is 6.89. The van der Waals surface area contributed by atoms with Gasteiger partial charge in [-0.2, -0.15) is 0 Å². The van der Waals surface area contributed by atoms with Gasteiger partial charge >= 0.3 is 5.97 Å². The first-order valence-corrected chi connectivity index (χ1v) is 11.2. The zero-order chi connectivity index (χ0) is 22.9. The third kappa shape index (κ3) is 6.19. The fourth-order valence-corrected chi connectivity index (χ4v) is 3.48. The molecule has 0 aliphatic carbocycles. The summed E-state index contributed by atoms with van der Waals surface area (Å²) in [5, 5.41) is 5.78. The Morgan fingerprint density at radius 1 is 1.06 bits per heavy atom. The molecule has 1 amide bonds. The highest BCUT2D eigenvalue weighted by Crippen LogP contribution is 2.30. The standard InChI is InChI=1S/C24H24IN3O4/c1-16(31-18-11-7-4-8-12-18)24(30)32-21-19(25)15-28-22(26-2)20(21)23(29)27-14-13-17-9-5-3-6-10-17/h3-12,15-16H,13-14H2,1-2H3,(H,26,28)(H,27,29). The van der Waals surface area contributed by atoms with Crippen molar-refractivity contribution in [2.24, 2.45) is 0 Å². The number of amides is 1. The molecule has 3 rings (SSSR count). The molecule has 3 aromatic rings. The van der Waals surface area contributed by atoms with Gasteiger partial charge in [0.25, 0.3) is 5.91 Å². The van der Waals surface area contributed by atoms with E-state index in [0.29, 0.717) is 28.1 Å². The van der Waals surface area contributed by atoms with Crippen LogP contribution in [0.25, 0.3) is 0 Å². The third-order valence-corrected chi connectivity index (χ3v) is 5.35. The highest BCUT2D eigenvalue weighted by Gasteiger charge is 2.26. The lowest BCUT2D eigenvalue weighted by Gasteiger charge is -2.18. The summed E-state index contributed by atoms with van der Waals surface area (Å²) in [6, 6.07) is 18.9. The number of anilines is 1. The number of para-hydroxylation sites is 1. The van der Waals surface area contributed by atoms with Gasteiger partial charge in [-0.05, 0) is 53.6 Å². The monoisotopic (exact) mass is 545 g/mol. The second-order valence-corrected chi connectivity index (χ2v) is 8.06. The summed E-state index contributed by atoms with van der Waals surface area (Å²) < 4.78 is 11.8. The Kier molecular flexibility index (Phi) is 8.43. The lowest BCUT2D eigenvalue weighted by Crippen LogP contribution is -2.31. The highest BCUT2D eigenvalue weighted by atomic mass is 127. The van der Waals surface area contributed by atoms with Crippen LogP contribution in [0.4, 0.5) is 5.82 Å². The Hall–Kier alpha value is -3.14. The van der Waals surface area contributed by atoms with Crippen molar-refractivity contribution in [3.63, 3.8) is 0 Å². The lowest BCUT2D eigenvalue weighted by atomic mass is 10.1. The molecule has 32 heavy (non-hydrogen) atoms. The van der Waals surface area contributed by atoms with Gasteiger partial charge in [-0.3, -0.25) is 4.79 Å². The summed E-state index contributed by atoms with van der Waals surface area (Å²) in [6.07, 6.45) is 1.35. The number of nitrogens with one attached hydrogen (secondary N) is 2. The van der Waals surface area contributed by atoms with Gasteiger partial charge in [0.2, 0.25) is 0 Å². The van der Waals surface area contributed by atoms with Crippen molar-refractivity contribution in [3.8, 4) is 11.5 Å². The molecule has 7 nitrogen and oxygen atoms in total. The number of rotatable bonds is 9. The summed E-state index contributed by atoms with van der Waals surface area (Å²) in [4.78, 5) is 30.0. The van der Waals surface area contributed by atoms with Gasteiger partial charge in [-0.1, -0.05) is 48.5 Å². The minimum absolute atomic E-state index is 0.149. The van der Waals surface area contributed by atoms with Gasteiger partial charge in [0.15, 0.2) is 11.9 Å². The van der Waals surface area contributed by atoms with Crippen molar-refractivity contribution in [2.75, 3.05) is 18.9 Å². The summed E-state index contributed by atoms with van der Waals surface area (Å²) >= 11 is 1.99. The van der Waals surface area contributed by atoms with E-state index < -0.39 is 12.1 Å². The van der Waals surface area contributed by atoms with Crippen molar-refractivity contribution in [3.05, 3.63) is 81.6 Å². The number of carbonyl (C=O) groups excluding carboxylic acids is 2. The van der Waals surface area contributed by atoms with Gasteiger partial charge < -0.3 is 20.1 Å². The molecule has 2 aromatic carbocycles. The number of hydrogen-bond acceptors (Lipinski definition) is 6. The molecule has 166 valence electrons. The van der Waals surface area contributed by atoms with Gasteiger partial charge in [-0.15, -0.1) is 0 Å². The SMILES string of the molecule is CNc1ncc(I)c(OC(=O)C(C)Oc2ccccc2)c1C(=O)NCCc1ccccc1. The maximum absolute atomic E-state index is 13.0. The molecule has 1 unspecified atom stereocenters. The number of esters is 1. The van der Waals surface area contributed by atoms with E-state index in [2.05, 4.69) is 15.6 Å². The summed E-state index contributed by atoms with van der Waals surface area (Å²) in [5.74, 6) is 0.0305. The molecular weight excluding hydrogens is 521 g/mol. The van der Waals surface area contributed by atoms with E-state index in [0.717, 1.165) is 5.56 Å². The van der Waals surface area contributed by atoms with Gasteiger partial charge in [0.05, 0.1) is 3.57 Å². The number of aromatic nitrogens is 1. The number of carbonyl (C=O) groups is 2. The first-order valence-electron chi connectivity index (χ1n) is 10.1. The Balaban J connectivity index is 1.75. The largest absolute Gasteiger partial charge is 0.479 e. The number of halogens is 1. The molecule has 0 fully saturated rings. The van der Waals surface area contributed by atoms with Crippen LogP contribution >= 0.6 is 22.6 Å². The van der Waals surface area contributed by atoms with E-state index >= 15 is 0 Å². The van der Waals surface area contributed by atoms with Crippen LogP contribution in [0.2, 0.25) is 0 Å². The number of pyridine rings is 1. The molecule has 0 spiro atoms. The highest BCUT2D eigenvalue weighted by molar-refractivity contribution is 14.1. The number of ether oxygens (including phenoxy) is 2. The Bertz CT molecular complexity index is 1060. The maximum atomic E-state index is 13.0. The molecule has 8 heteroatoms. The van der Waals surface area contributed by atoms with Crippen molar-refractivity contribution >= 4 is 40.3 Å². The fraction of sp³-hybridized carbons (Fsp3) is 0.208. The van der Waals surface area contributed by atoms with Crippen molar-refractivity contribution in [1.82, 2.24) is 10.3 Å². The second kappa shape index (κ2) is 11.5. The van der Waals surface area contributed by atoms with Crippen molar-refractivity contribution in [2.45, 2.75) is 19.4 Å². The summed E-state index contributed by atoms with van der Waals surface area (Å²) in [7, 11) is 1.66. The molecular formula is C24H24IN3O4. The van der Waals surface area contributed by atoms with E-state index in [9.17, 15) is 9.59 Å². The van der Waals surface area contributed by atoms with Crippen LogP contribution in [0.1, 0.15) is 22.8 Å². The van der Waals surface area contributed by atoms with Crippen LogP contribution in [0.15, 0.2) is 66.9 Å². The van der Waals surface area contributed by atoms with Crippen LogP contribution in [-0.4, -0.2) is 36.6 Å².